The number of benzene rings is 1. The molecule has 14 heavy (non-hydrogen) atoms. The predicted octanol–water partition coefficient (Wildman–Crippen LogP) is 1.89. The molecule has 1 rings (SSSR count). The molecular formula is C11H14O3. The fourth-order valence-corrected chi connectivity index (χ4v) is 1.09. The van der Waals surface area contributed by atoms with E-state index in [0.717, 1.165) is 5.56 Å². The lowest BCUT2D eigenvalue weighted by Crippen LogP contribution is -2.13. The van der Waals surface area contributed by atoms with Gasteiger partial charge < -0.3 is 9.84 Å². The molecule has 1 aromatic carbocycles. The van der Waals surface area contributed by atoms with Gasteiger partial charge in [-0.15, -0.1) is 0 Å². The number of aromatic hydroxyl groups is 1. The monoisotopic (exact) mass is 194 g/mol. The fraction of sp³-hybridized carbons (Fsp3) is 0.364. The van der Waals surface area contributed by atoms with Crippen LogP contribution >= 0.6 is 0 Å². The summed E-state index contributed by atoms with van der Waals surface area (Å²) in [4.78, 5) is 11.2. The maximum atomic E-state index is 11.2. The number of carbonyl (C=O) groups excluding carboxylic acids is 1. The van der Waals surface area contributed by atoms with E-state index in [9.17, 15) is 4.79 Å². The van der Waals surface area contributed by atoms with Crippen LogP contribution in [0.5, 0.6) is 5.75 Å². The standard InChI is InChI=1S/C11H14O3/c1-8(2)14-11(13)7-9-3-5-10(12)6-4-9/h3-6,8,12H,7H2,1-2H3. The summed E-state index contributed by atoms with van der Waals surface area (Å²) in [6.07, 6.45) is 0.165. The molecule has 0 saturated heterocycles. The van der Waals surface area contributed by atoms with Gasteiger partial charge in [0.25, 0.3) is 0 Å². The van der Waals surface area contributed by atoms with Gasteiger partial charge in [-0.3, -0.25) is 4.79 Å². The van der Waals surface area contributed by atoms with Crippen molar-refractivity contribution in [1.82, 2.24) is 0 Å². The number of ether oxygens (including phenoxy) is 1. The molecule has 0 radical (unpaired) electrons. The molecule has 0 aliphatic heterocycles. The van der Waals surface area contributed by atoms with Gasteiger partial charge in [0.1, 0.15) is 5.75 Å². The number of hydrogen-bond donors (Lipinski definition) is 1. The van der Waals surface area contributed by atoms with Crippen LogP contribution in [0.15, 0.2) is 24.3 Å². The lowest BCUT2D eigenvalue weighted by atomic mass is 10.1. The van der Waals surface area contributed by atoms with Crippen LogP contribution in [-0.2, 0) is 16.0 Å². The lowest BCUT2D eigenvalue weighted by Gasteiger charge is -2.07. The summed E-state index contributed by atoms with van der Waals surface area (Å²) >= 11 is 0. The second-order valence-electron chi connectivity index (χ2n) is 3.38. The van der Waals surface area contributed by atoms with Crippen LogP contribution in [0, 0.1) is 0 Å². The normalized spacial score (nSPS) is 10.2. The van der Waals surface area contributed by atoms with Crippen molar-refractivity contribution in [2.75, 3.05) is 0 Å². The average molecular weight is 194 g/mol. The molecule has 0 amide bonds. The Balaban J connectivity index is 2.52. The molecule has 1 aromatic rings. The van der Waals surface area contributed by atoms with E-state index in [1.807, 2.05) is 13.8 Å². The molecule has 0 unspecified atom stereocenters. The van der Waals surface area contributed by atoms with Crippen LogP contribution in [0.1, 0.15) is 19.4 Å². The fourth-order valence-electron chi connectivity index (χ4n) is 1.09. The van der Waals surface area contributed by atoms with Gasteiger partial charge in [0, 0.05) is 0 Å². The molecule has 3 nitrogen and oxygen atoms in total. The summed E-state index contributed by atoms with van der Waals surface area (Å²) in [6.45, 7) is 3.63. The number of phenolic OH excluding ortho intramolecular Hbond substituents is 1. The Kier molecular flexibility index (Phi) is 3.51. The van der Waals surface area contributed by atoms with Crippen molar-refractivity contribution in [2.45, 2.75) is 26.4 Å². The minimum Gasteiger partial charge on any atom is -0.508 e. The second kappa shape index (κ2) is 4.65. The predicted molar refractivity (Wildman–Crippen MR) is 53.0 cm³/mol. The number of carbonyl (C=O) groups is 1. The van der Waals surface area contributed by atoms with Crippen molar-refractivity contribution in [1.29, 1.82) is 0 Å². The highest BCUT2D eigenvalue weighted by atomic mass is 16.5. The summed E-state index contributed by atoms with van der Waals surface area (Å²) < 4.78 is 4.98. The summed E-state index contributed by atoms with van der Waals surface area (Å²) in [5.74, 6) is -0.0448. The summed E-state index contributed by atoms with van der Waals surface area (Å²) in [7, 11) is 0. The van der Waals surface area contributed by atoms with E-state index in [2.05, 4.69) is 0 Å². The van der Waals surface area contributed by atoms with Crippen LogP contribution in [-0.4, -0.2) is 17.2 Å². The van der Waals surface area contributed by atoms with Gasteiger partial charge in [0.2, 0.25) is 0 Å². The molecule has 3 heteroatoms. The van der Waals surface area contributed by atoms with E-state index in [1.54, 1.807) is 24.3 Å². The quantitative estimate of drug-likeness (QED) is 0.747. The van der Waals surface area contributed by atoms with Crippen molar-refractivity contribution < 1.29 is 14.6 Å². The molecular weight excluding hydrogens is 180 g/mol. The van der Waals surface area contributed by atoms with E-state index < -0.39 is 0 Å². The zero-order valence-electron chi connectivity index (χ0n) is 8.36. The highest BCUT2D eigenvalue weighted by molar-refractivity contribution is 5.72. The molecule has 0 aliphatic rings. The summed E-state index contributed by atoms with van der Waals surface area (Å²) in [6, 6.07) is 6.52. The van der Waals surface area contributed by atoms with Gasteiger partial charge in [-0.05, 0) is 31.5 Å². The first-order valence-electron chi connectivity index (χ1n) is 4.55. The highest BCUT2D eigenvalue weighted by Gasteiger charge is 2.06. The Labute approximate surface area is 83.3 Å². The van der Waals surface area contributed by atoms with Crippen molar-refractivity contribution in [3.63, 3.8) is 0 Å². The van der Waals surface area contributed by atoms with Crippen LogP contribution in [0.25, 0.3) is 0 Å². The maximum absolute atomic E-state index is 11.2. The molecule has 0 spiro atoms. The Morgan fingerprint density at radius 3 is 2.43 bits per heavy atom. The van der Waals surface area contributed by atoms with E-state index in [0.29, 0.717) is 0 Å². The molecule has 1 N–H and O–H groups in total. The SMILES string of the molecule is CC(C)OC(=O)Cc1ccc(O)cc1. The number of esters is 1. The van der Waals surface area contributed by atoms with Gasteiger partial charge >= 0.3 is 5.97 Å². The second-order valence-corrected chi connectivity index (χ2v) is 3.38. The van der Waals surface area contributed by atoms with Gasteiger partial charge in [0.05, 0.1) is 12.5 Å². The first-order valence-corrected chi connectivity index (χ1v) is 4.55. The Hall–Kier alpha value is -1.51. The largest absolute Gasteiger partial charge is 0.508 e. The highest BCUT2D eigenvalue weighted by Crippen LogP contribution is 2.10. The van der Waals surface area contributed by atoms with Crippen molar-refractivity contribution >= 4 is 5.97 Å². The van der Waals surface area contributed by atoms with E-state index in [-0.39, 0.29) is 24.2 Å². The zero-order chi connectivity index (χ0) is 10.6. The average Bonchev–Trinajstić information content (AvgIpc) is 2.07. The minimum atomic E-state index is -0.245. The third kappa shape index (κ3) is 3.47. The Morgan fingerprint density at radius 2 is 1.93 bits per heavy atom. The lowest BCUT2D eigenvalue weighted by molar-refractivity contribution is -0.146. The zero-order valence-corrected chi connectivity index (χ0v) is 8.36. The molecule has 0 heterocycles. The van der Waals surface area contributed by atoms with Crippen molar-refractivity contribution in [2.24, 2.45) is 0 Å². The maximum Gasteiger partial charge on any atom is 0.310 e. The van der Waals surface area contributed by atoms with Crippen molar-refractivity contribution in [3.8, 4) is 5.75 Å². The van der Waals surface area contributed by atoms with Gasteiger partial charge in [-0.1, -0.05) is 12.1 Å². The van der Waals surface area contributed by atoms with Gasteiger partial charge in [0.15, 0.2) is 0 Å². The third-order valence-corrected chi connectivity index (χ3v) is 1.65. The van der Waals surface area contributed by atoms with E-state index >= 15 is 0 Å². The summed E-state index contributed by atoms with van der Waals surface area (Å²) in [5, 5.41) is 9.02. The number of rotatable bonds is 3. The van der Waals surface area contributed by atoms with Crippen LogP contribution in [0.3, 0.4) is 0 Å². The van der Waals surface area contributed by atoms with Crippen LogP contribution < -0.4 is 0 Å². The molecule has 0 atom stereocenters. The Bertz CT molecular complexity index is 301. The van der Waals surface area contributed by atoms with Crippen LogP contribution in [0.4, 0.5) is 0 Å². The van der Waals surface area contributed by atoms with E-state index in [4.69, 9.17) is 9.84 Å². The van der Waals surface area contributed by atoms with Crippen LogP contribution in [0.2, 0.25) is 0 Å². The Morgan fingerprint density at radius 1 is 1.36 bits per heavy atom. The molecule has 0 bridgehead atoms. The number of hydrogen-bond acceptors (Lipinski definition) is 3. The minimum absolute atomic E-state index is 0.0837. The van der Waals surface area contributed by atoms with E-state index in [1.165, 1.54) is 0 Å². The molecule has 0 aromatic heterocycles. The molecule has 0 aliphatic carbocycles. The first-order chi connectivity index (χ1) is 6.58. The van der Waals surface area contributed by atoms with Gasteiger partial charge in [-0.25, -0.2) is 0 Å². The molecule has 76 valence electrons. The third-order valence-electron chi connectivity index (χ3n) is 1.65. The summed E-state index contributed by atoms with van der Waals surface area (Å²) in [5.41, 5.74) is 0.841. The van der Waals surface area contributed by atoms with Gasteiger partial charge in [-0.2, -0.15) is 0 Å². The smallest absolute Gasteiger partial charge is 0.310 e. The number of phenols is 1. The molecule has 0 saturated carbocycles. The molecule has 0 fully saturated rings. The first kappa shape index (κ1) is 10.6. The topological polar surface area (TPSA) is 46.5 Å². The van der Waals surface area contributed by atoms with Crippen molar-refractivity contribution in [3.05, 3.63) is 29.8 Å².